The van der Waals surface area contributed by atoms with Gasteiger partial charge in [-0.1, -0.05) is 12.2 Å². The summed E-state index contributed by atoms with van der Waals surface area (Å²) >= 11 is 0. The number of nitrogens with zero attached hydrogens (tertiary/aromatic N) is 1. The van der Waals surface area contributed by atoms with Crippen molar-refractivity contribution in [1.29, 1.82) is 0 Å². The Kier molecular flexibility index (Phi) is 4.10. The zero-order chi connectivity index (χ0) is 10.6. The molecule has 1 rings (SSSR count). The third-order valence-electron chi connectivity index (χ3n) is 2.41. The van der Waals surface area contributed by atoms with Gasteiger partial charge in [-0.3, -0.25) is 0 Å². The summed E-state index contributed by atoms with van der Waals surface area (Å²) in [5, 5.41) is 0. The van der Waals surface area contributed by atoms with Crippen molar-refractivity contribution in [2.24, 2.45) is 5.92 Å². The standard InChI is InChI=1S/C9H18N2O2S/c1-11(2)14(12,13)10-8-9-6-4-3-5-7-9/h3-4,9-10H,5-8H2,1-2H3/t9-/m1/s1. The summed E-state index contributed by atoms with van der Waals surface area (Å²) in [6.07, 6.45) is 7.39. The zero-order valence-electron chi connectivity index (χ0n) is 8.73. The summed E-state index contributed by atoms with van der Waals surface area (Å²) in [4.78, 5) is 0. The SMILES string of the molecule is CN(C)S(=O)(=O)NC[C@@H]1CC=CCC1. The molecule has 0 bridgehead atoms. The van der Waals surface area contributed by atoms with E-state index in [2.05, 4.69) is 16.9 Å². The van der Waals surface area contributed by atoms with E-state index in [0.717, 1.165) is 19.3 Å². The predicted octanol–water partition coefficient (Wildman–Crippen LogP) is 0.739. The molecular formula is C9H18N2O2S. The monoisotopic (exact) mass is 218 g/mol. The van der Waals surface area contributed by atoms with E-state index >= 15 is 0 Å². The van der Waals surface area contributed by atoms with Crippen LogP contribution in [0, 0.1) is 5.92 Å². The fraction of sp³-hybridized carbons (Fsp3) is 0.778. The number of allylic oxidation sites excluding steroid dienone is 2. The van der Waals surface area contributed by atoms with E-state index in [-0.39, 0.29) is 0 Å². The molecule has 4 nitrogen and oxygen atoms in total. The van der Waals surface area contributed by atoms with Crippen LogP contribution in [0.15, 0.2) is 12.2 Å². The second-order valence-corrected chi connectivity index (χ2v) is 5.76. The lowest BCUT2D eigenvalue weighted by Crippen LogP contribution is -2.38. The largest absolute Gasteiger partial charge is 0.278 e. The molecule has 0 amide bonds. The van der Waals surface area contributed by atoms with Gasteiger partial charge >= 0.3 is 0 Å². The first-order chi connectivity index (χ1) is 6.52. The van der Waals surface area contributed by atoms with Gasteiger partial charge in [-0.15, -0.1) is 0 Å². The fourth-order valence-corrected chi connectivity index (χ4v) is 2.10. The van der Waals surface area contributed by atoms with Gasteiger partial charge < -0.3 is 0 Å². The Hall–Kier alpha value is -0.390. The van der Waals surface area contributed by atoms with Crippen molar-refractivity contribution in [3.05, 3.63) is 12.2 Å². The van der Waals surface area contributed by atoms with Crippen LogP contribution in [0.5, 0.6) is 0 Å². The molecular weight excluding hydrogens is 200 g/mol. The average molecular weight is 218 g/mol. The first kappa shape index (κ1) is 11.7. The van der Waals surface area contributed by atoms with Crippen molar-refractivity contribution < 1.29 is 8.42 Å². The third kappa shape index (κ3) is 3.40. The highest BCUT2D eigenvalue weighted by Crippen LogP contribution is 2.17. The Morgan fingerprint density at radius 3 is 2.64 bits per heavy atom. The third-order valence-corrected chi connectivity index (χ3v) is 3.91. The molecule has 1 aliphatic rings. The van der Waals surface area contributed by atoms with Crippen LogP contribution in [0.3, 0.4) is 0 Å². The van der Waals surface area contributed by atoms with Gasteiger partial charge in [0.25, 0.3) is 10.2 Å². The summed E-state index contributed by atoms with van der Waals surface area (Å²) in [7, 11) is -0.177. The van der Waals surface area contributed by atoms with Crippen LogP contribution in [0.4, 0.5) is 0 Å². The van der Waals surface area contributed by atoms with Crippen LogP contribution in [-0.4, -0.2) is 33.4 Å². The van der Waals surface area contributed by atoms with Crippen LogP contribution >= 0.6 is 0 Å². The Bertz CT molecular complexity index is 296. The van der Waals surface area contributed by atoms with Crippen molar-refractivity contribution in [3.8, 4) is 0 Å². The van der Waals surface area contributed by atoms with Gasteiger partial charge in [0.15, 0.2) is 0 Å². The minimum atomic E-state index is -3.24. The molecule has 0 aromatic carbocycles. The molecule has 1 aliphatic carbocycles. The van der Waals surface area contributed by atoms with E-state index in [1.807, 2.05) is 0 Å². The maximum atomic E-state index is 11.4. The minimum absolute atomic E-state index is 0.453. The molecule has 14 heavy (non-hydrogen) atoms. The predicted molar refractivity (Wildman–Crippen MR) is 57.1 cm³/mol. The van der Waals surface area contributed by atoms with Crippen molar-refractivity contribution >= 4 is 10.2 Å². The highest BCUT2D eigenvalue weighted by atomic mass is 32.2. The van der Waals surface area contributed by atoms with Crippen LogP contribution in [0.2, 0.25) is 0 Å². The van der Waals surface area contributed by atoms with Gasteiger partial charge in [0.1, 0.15) is 0 Å². The van der Waals surface area contributed by atoms with Crippen molar-refractivity contribution in [1.82, 2.24) is 9.03 Å². The molecule has 0 saturated heterocycles. The Morgan fingerprint density at radius 1 is 1.43 bits per heavy atom. The van der Waals surface area contributed by atoms with E-state index < -0.39 is 10.2 Å². The van der Waals surface area contributed by atoms with Crippen molar-refractivity contribution in [2.75, 3.05) is 20.6 Å². The molecule has 0 fully saturated rings. The van der Waals surface area contributed by atoms with Gasteiger partial charge in [0.2, 0.25) is 0 Å². The van der Waals surface area contributed by atoms with Gasteiger partial charge in [-0.25, -0.2) is 4.72 Å². The van der Waals surface area contributed by atoms with Gasteiger partial charge in [0.05, 0.1) is 0 Å². The molecule has 1 atom stereocenters. The van der Waals surface area contributed by atoms with Crippen molar-refractivity contribution in [2.45, 2.75) is 19.3 Å². The molecule has 0 aliphatic heterocycles. The molecule has 82 valence electrons. The number of hydrogen-bond donors (Lipinski definition) is 1. The Morgan fingerprint density at radius 2 is 2.14 bits per heavy atom. The van der Waals surface area contributed by atoms with E-state index in [9.17, 15) is 8.42 Å². The van der Waals surface area contributed by atoms with E-state index in [0.29, 0.717) is 12.5 Å². The zero-order valence-corrected chi connectivity index (χ0v) is 9.55. The summed E-state index contributed by atoms with van der Waals surface area (Å²) in [5.41, 5.74) is 0. The first-order valence-electron chi connectivity index (χ1n) is 4.84. The highest BCUT2D eigenvalue weighted by molar-refractivity contribution is 7.87. The van der Waals surface area contributed by atoms with Gasteiger partial charge in [-0.2, -0.15) is 12.7 Å². The van der Waals surface area contributed by atoms with E-state index in [1.165, 1.54) is 18.4 Å². The summed E-state index contributed by atoms with van der Waals surface area (Å²) in [6.45, 7) is 0.546. The molecule has 0 saturated carbocycles. The molecule has 0 spiro atoms. The smallest absolute Gasteiger partial charge is 0.202 e. The Labute approximate surface area is 86.2 Å². The molecule has 0 aromatic rings. The number of rotatable bonds is 4. The lowest BCUT2D eigenvalue weighted by atomic mass is 9.95. The molecule has 0 heterocycles. The fourth-order valence-electron chi connectivity index (χ4n) is 1.39. The van der Waals surface area contributed by atoms with E-state index in [1.54, 1.807) is 0 Å². The quantitative estimate of drug-likeness (QED) is 0.708. The van der Waals surface area contributed by atoms with Gasteiger partial charge in [0, 0.05) is 20.6 Å². The summed E-state index contributed by atoms with van der Waals surface area (Å²) in [6, 6.07) is 0. The lowest BCUT2D eigenvalue weighted by Gasteiger charge is -2.19. The first-order valence-corrected chi connectivity index (χ1v) is 6.28. The molecule has 1 N–H and O–H groups in total. The molecule has 5 heteroatoms. The van der Waals surface area contributed by atoms with Crippen LogP contribution < -0.4 is 4.72 Å². The number of nitrogens with one attached hydrogen (secondary N) is 1. The van der Waals surface area contributed by atoms with Crippen LogP contribution in [0.25, 0.3) is 0 Å². The summed E-state index contributed by atoms with van der Waals surface area (Å²) in [5.74, 6) is 0.453. The lowest BCUT2D eigenvalue weighted by molar-refractivity contribution is 0.451. The second-order valence-electron chi connectivity index (χ2n) is 3.79. The highest BCUT2D eigenvalue weighted by Gasteiger charge is 2.16. The Balaban J connectivity index is 2.37. The van der Waals surface area contributed by atoms with Crippen LogP contribution in [-0.2, 0) is 10.2 Å². The molecule has 0 unspecified atom stereocenters. The average Bonchev–Trinajstić information content (AvgIpc) is 2.16. The maximum Gasteiger partial charge on any atom is 0.278 e. The minimum Gasteiger partial charge on any atom is -0.202 e. The maximum absolute atomic E-state index is 11.4. The molecule has 0 radical (unpaired) electrons. The van der Waals surface area contributed by atoms with Crippen LogP contribution in [0.1, 0.15) is 19.3 Å². The van der Waals surface area contributed by atoms with Crippen molar-refractivity contribution in [3.63, 3.8) is 0 Å². The second kappa shape index (κ2) is 4.91. The van der Waals surface area contributed by atoms with E-state index in [4.69, 9.17) is 0 Å². The summed E-state index contributed by atoms with van der Waals surface area (Å²) < 4.78 is 26.5. The normalized spacial score (nSPS) is 22.9. The molecule has 0 aromatic heterocycles. The number of hydrogen-bond acceptors (Lipinski definition) is 2. The topological polar surface area (TPSA) is 49.4 Å². The van der Waals surface area contributed by atoms with Gasteiger partial charge in [-0.05, 0) is 25.2 Å².